The second-order valence-corrected chi connectivity index (χ2v) is 9.26. The molecular formula is C25H28N4O3S. The van der Waals surface area contributed by atoms with E-state index >= 15 is 0 Å². The summed E-state index contributed by atoms with van der Waals surface area (Å²) in [6.45, 7) is 4.84. The van der Waals surface area contributed by atoms with Crippen molar-refractivity contribution >= 4 is 28.3 Å². The Labute approximate surface area is 197 Å². The second kappa shape index (κ2) is 10.7. The smallest absolute Gasteiger partial charge is 0.309 e. The maximum Gasteiger partial charge on any atom is 0.309 e. The Morgan fingerprint density at radius 1 is 1.09 bits per heavy atom. The number of hydrogen-bond donors (Lipinski definition) is 1. The van der Waals surface area contributed by atoms with E-state index in [1.165, 1.54) is 16.9 Å². The minimum atomic E-state index is -0.703. The number of carboxylic acid groups (broad SMARTS) is 1. The van der Waals surface area contributed by atoms with Gasteiger partial charge in [0.15, 0.2) is 0 Å². The Bertz CT molecular complexity index is 1080. The third kappa shape index (κ3) is 5.64. The van der Waals surface area contributed by atoms with Crippen LogP contribution in [0.25, 0.3) is 10.6 Å². The van der Waals surface area contributed by atoms with Gasteiger partial charge in [-0.3, -0.25) is 14.5 Å². The van der Waals surface area contributed by atoms with Crippen LogP contribution in [0.5, 0.6) is 0 Å². The van der Waals surface area contributed by atoms with Crippen LogP contribution in [-0.2, 0) is 11.2 Å². The predicted molar refractivity (Wildman–Crippen MR) is 130 cm³/mol. The summed E-state index contributed by atoms with van der Waals surface area (Å²) in [6.07, 6.45) is 2.76. The van der Waals surface area contributed by atoms with E-state index in [-0.39, 0.29) is 11.8 Å². The van der Waals surface area contributed by atoms with Crippen molar-refractivity contribution in [3.8, 4) is 10.6 Å². The highest BCUT2D eigenvalue weighted by molar-refractivity contribution is 7.18. The Hall–Kier alpha value is -3.10. The largest absolute Gasteiger partial charge is 0.481 e. The van der Waals surface area contributed by atoms with Gasteiger partial charge in [0.25, 0.3) is 5.91 Å². The molecule has 33 heavy (non-hydrogen) atoms. The lowest BCUT2D eigenvalue weighted by Crippen LogP contribution is -2.50. The molecule has 0 aliphatic carbocycles. The van der Waals surface area contributed by atoms with Gasteiger partial charge in [-0.15, -0.1) is 10.2 Å². The molecule has 0 radical (unpaired) electrons. The van der Waals surface area contributed by atoms with E-state index in [0.29, 0.717) is 30.3 Å². The van der Waals surface area contributed by atoms with Crippen LogP contribution in [0, 0.1) is 5.92 Å². The van der Waals surface area contributed by atoms with Gasteiger partial charge in [0.05, 0.1) is 5.92 Å². The van der Waals surface area contributed by atoms with Crippen LogP contribution in [0.1, 0.15) is 35.7 Å². The van der Waals surface area contributed by atoms with Crippen molar-refractivity contribution in [1.82, 2.24) is 15.1 Å². The van der Waals surface area contributed by atoms with E-state index in [2.05, 4.69) is 34.2 Å². The summed E-state index contributed by atoms with van der Waals surface area (Å²) in [5.41, 5.74) is 2.82. The second-order valence-electron chi connectivity index (χ2n) is 8.31. The molecule has 1 saturated heterocycles. The molecule has 1 aliphatic heterocycles. The molecular weight excluding hydrogens is 436 g/mol. The fourth-order valence-corrected chi connectivity index (χ4v) is 4.66. The van der Waals surface area contributed by atoms with E-state index in [9.17, 15) is 9.59 Å². The summed E-state index contributed by atoms with van der Waals surface area (Å²) < 4.78 is 0. The van der Waals surface area contributed by atoms with Crippen molar-refractivity contribution in [1.29, 1.82) is 0 Å². The van der Waals surface area contributed by atoms with Crippen LogP contribution in [0.3, 0.4) is 0 Å². The van der Waals surface area contributed by atoms with Crippen molar-refractivity contribution in [2.75, 3.05) is 31.1 Å². The minimum Gasteiger partial charge on any atom is -0.481 e. The fraction of sp³-hybridized carbons (Fsp3) is 0.360. The van der Waals surface area contributed by atoms with E-state index in [0.717, 1.165) is 36.4 Å². The topological polar surface area (TPSA) is 86.6 Å². The number of benzene rings is 2. The highest BCUT2D eigenvalue weighted by atomic mass is 32.1. The zero-order valence-electron chi connectivity index (χ0n) is 18.7. The molecule has 4 rings (SSSR count). The number of carbonyl (C=O) groups excluding carboxylic acids is 1. The van der Waals surface area contributed by atoms with Gasteiger partial charge in [0.2, 0.25) is 5.13 Å². The molecule has 0 unspecified atom stereocenters. The molecule has 0 bridgehead atoms. The molecule has 1 aromatic heterocycles. The number of rotatable bonds is 10. The van der Waals surface area contributed by atoms with Crippen molar-refractivity contribution in [3.63, 3.8) is 0 Å². The third-order valence-corrected chi connectivity index (χ3v) is 6.87. The number of amides is 1. The number of nitrogens with zero attached hydrogens (tertiary/aromatic N) is 4. The summed E-state index contributed by atoms with van der Waals surface area (Å²) in [5.74, 6) is -0.978. The standard InChI is InChI=1S/C25H28N4O3S/c1-2-3-14-29(23(30)20-7-5-4-6-8-20)25-27-26-22(33-25)19-11-9-18(10-12-19)13-15-28-16-21(17-28)24(31)32/h4-12,21H,2-3,13-17H2,1H3,(H,31,32). The quantitative estimate of drug-likeness (QED) is 0.484. The summed E-state index contributed by atoms with van der Waals surface area (Å²) in [4.78, 5) is 27.9. The molecule has 0 saturated carbocycles. The lowest BCUT2D eigenvalue weighted by Gasteiger charge is -2.36. The monoisotopic (exact) mass is 464 g/mol. The van der Waals surface area contributed by atoms with Crippen molar-refractivity contribution in [3.05, 3.63) is 65.7 Å². The first-order valence-electron chi connectivity index (χ1n) is 11.3. The molecule has 2 aromatic carbocycles. The van der Waals surface area contributed by atoms with E-state index in [4.69, 9.17) is 5.11 Å². The predicted octanol–water partition coefficient (Wildman–Crippen LogP) is 4.21. The van der Waals surface area contributed by atoms with Gasteiger partial charge in [0, 0.05) is 37.3 Å². The molecule has 1 aliphatic rings. The lowest BCUT2D eigenvalue weighted by atomic mass is 9.99. The number of hydrogen-bond acceptors (Lipinski definition) is 6. The number of anilines is 1. The molecule has 7 nitrogen and oxygen atoms in total. The normalized spacial score (nSPS) is 14.1. The van der Waals surface area contributed by atoms with Crippen LogP contribution < -0.4 is 4.90 Å². The first-order chi connectivity index (χ1) is 16.0. The van der Waals surface area contributed by atoms with Crippen LogP contribution in [-0.4, -0.2) is 58.3 Å². The average Bonchev–Trinajstić information content (AvgIpc) is 3.29. The molecule has 1 fully saturated rings. The van der Waals surface area contributed by atoms with Gasteiger partial charge in [0.1, 0.15) is 5.01 Å². The third-order valence-electron chi connectivity index (χ3n) is 5.87. The lowest BCUT2D eigenvalue weighted by molar-refractivity contribution is -0.147. The molecule has 3 aromatic rings. The molecule has 172 valence electrons. The minimum absolute atomic E-state index is 0.0572. The maximum absolute atomic E-state index is 13.1. The van der Waals surface area contributed by atoms with Gasteiger partial charge in [-0.05, 0) is 30.5 Å². The highest BCUT2D eigenvalue weighted by Gasteiger charge is 2.31. The molecule has 1 N–H and O–H groups in total. The fourth-order valence-electron chi connectivity index (χ4n) is 3.79. The zero-order valence-corrected chi connectivity index (χ0v) is 19.5. The number of carboxylic acids is 1. The number of unbranched alkanes of at least 4 members (excludes halogenated alkanes) is 1. The molecule has 1 amide bonds. The first kappa shape index (κ1) is 23.1. The van der Waals surface area contributed by atoms with Crippen molar-refractivity contribution in [2.24, 2.45) is 5.92 Å². The van der Waals surface area contributed by atoms with Crippen molar-refractivity contribution < 1.29 is 14.7 Å². The Morgan fingerprint density at radius 2 is 1.82 bits per heavy atom. The number of carbonyl (C=O) groups is 2. The Kier molecular flexibility index (Phi) is 7.47. The van der Waals surface area contributed by atoms with Gasteiger partial charge < -0.3 is 10.0 Å². The van der Waals surface area contributed by atoms with Crippen LogP contribution in [0.4, 0.5) is 5.13 Å². The summed E-state index contributed by atoms with van der Waals surface area (Å²) in [5, 5.41) is 19.1. The Balaban J connectivity index is 1.41. The summed E-state index contributed by atoms with van der Waals surface area (Å²) >= 11 is 1.43. The number of aromatic nitrogens is 2. The van der Waals surface area contributed by atoms with Gasteiger partial charge in [-0.1, -0.05) is 67.1 Å². The number of likely N-dealkylation sites (tertiary alicyclic amines) is 1. The van der Waals surface area contributed by atoms with Crippen molar-refractivity contribution in [2.45, 2.75) is 26.2 Å². The summed E-state index contributed by atoms with van der Waals surface area (Å²) in [6, 6.07) is 17.5. The van der Waals surface area contributed by atoms with Crippen LogP contribution >= 0.6 is 11.3 Å². The molecule has 2 heterocycles. The SMILES string of the molecule is CCCCN(C(=O)c1ccccc1)c1nnc(-c2ccc(CCN3CC(C(=O)O)C3)cc2)s1. The summed E-state index contributed by atoms with van der Waals surface area (Å²) in [7, 11) is 0. The molecule has 8 heteroatoms. The van der Waals surface area contributed by atoms with Crippen LogP contribution in [0.2, 0.25) is 0 Å². The molecule has 0 atom stereocenters. The molecule has 0 spiro atoms. The van der Waals surface area contributed by atoms with Gasteiger partial charge in [-0.25, -0.2) is 0 Å². The van der Waals surface area contributed by atoms with Gasteiger partial charge >= 0.3 is 5.97 Å². The zero-order chi connectivity index (χ0) is 23.2. The first-order valence-corrected chi connectivity index (χ1v) is 12.1. The Morgan fingerprint density at radius 3 is 2.48 bits per heavy atom. The van der Waals surface area contributed by atoms with Crippen LogP contribution in [0.15, 0.2) is 54.6 Å². The number of aliphatic carboxylic acids is 1. The van der Waals surface area contributed by atoms with Gasteiger partial charge in [-0.2, -0.15) is 0 Å². The van der Waals surface area contributed by atoms with E-state index < -0.39 is 5.97 Å². The maximum atomic E-state index is 13.1. The average molecular weight is 465 g/mol. The van der Waals surface area contributed by atoms with E-state index in [1.54, 1.807) is 4.90 Å². The van der Waals surface area contributed by atoms with E-state index in [1.807, 2.05) is 42.5 Å². The highest BCUT2D eigenvalue weighted by Crippen LogP contribution is 2.30.